The van der Waals surface area contributed by atoms with Crippen LogP contribution in [0.25, 0.3) is 21.2 Å². The Morgan fingerprint density at radius 3 is 2.64 bits per heavy atom. The van der Waals surface area contributed by atoms with E-state index in [0.717, 1.165) is 10.9 Å². The predicted octanol–water partition coefficient (Wildman–Crippen LogP) is 5.44. The highest BCUT2D eigenvalue weighted by molar-refractivity contribution is 7.92. The van der Waals surface area contributed by atoms with Crippen LogP contribution >= 0.6 is 11.6 Å². The quantitative estimate of drug-likeness (QED) is 0.262. The normalized spacial score (nSPS) is 17.8. The highest BCUT2D eigenvalue weighted by Gasteiger charge is 2.27. The van der Waals surface area contributed by atoms with Crippen LogP contribution in [0, 0.1) is 4.78 Å². The number of rotatable bonds is 8. The summed E-state index contributed by atoms with van der Waals surface area (Å²) in [7, 11) is -2.65. The Kier molecular flexibility index (Phi) is 6.75. The number of nitrogens with zero attached hydrogens (tertiary/aromatic N) is 5. The molecule has 152 valence electrons. The largest absolute Gasteiger partial charge is 0.474 e. The Labute approximate surface area is 170 Å². The minimum Gasteiger partial charge on any atom is -0.474 e. The van der Waals surface area contributed by atoms with E-state index < -0.39 is 15.3 Å². The molecule has 8 nitrogen and oxygen atoms in total. The van der Waals surface area contributed by atoms with Crippen molar-refractivity contribution in [2.24, 2.45) is 5.11 Å². The van der Waals surface area contributed by atoms with Gasteiger partial charge in [-0.1, -0.05) is 23.6 Å². The molecule has 2 heterocycles. The third kappa shape index (κ3) is 4.84. The van der Waals surface area contributed by atoms with Gasteiger partial charge in [-0.2, -0.15) is 0 Å². The van der Waals surface area contributed by atoms with Crippen molar-refractivity contribution in [1.29, 1.82) is 4.78 Å². The molecule has 0 saturated heterocycles. The minimum atomic E-state index is -2.65. The Morgan fingerprint density at radius 1 is 1.39 bits per heavy atom. The van der Waals surface area contributed by atoms with Crippen LogP contribution in [0.15, 0.2) is 23.6 Å². The number of ether oxygens (including phenoxy) is 1. The molecular formula is C18H25ClN6O2S. The van der Waals surface area contributed by atoms with Crippen LogP contribution in [0.1, 0.15) is 46.1 Å². The van der Waals surface area contributed by atoms with Gasteiger partial charge < -0.3 is 4.74 Å². The maximum Gasteiger partial charge on any atom is 0.223 e. The van der Waals surface area contributed by atoms with Crippen LogP contribution in [0.3, 0.4) is 0 Å². The first-order chi connectivity index (χ1) is 13.0. The first-order valence-corrected chi connectivity index (χ1v) is 11.3. The molecule has 28 heavy (non-hydrogen) atoms. The van der Waals surface area contributed by atoms with Gasteiger partial charge in [0.25, 0.3) is 0 Å². The van der Waals surface area contributed by atoms with E-state index in [1.165, 1.54) is 6.26 Å². The summed E-state index contributed by atoms with van der Waals surface area (Å²) in [6.07, 6.45) is 5.38. The summed E-state index contributed by atoms with van der Waals surface area (Å²) in [5.41, 5.74) is 8.93. The summed E-state index contributed by atoms with van der Waals surface area (Å²) >= 11 is 6.11. The first-order valence-electron chi connectivity index (χ1n) is 8.92. The van der Waals surface area contributed by atoms with Crippen molar-refractivity contribution in [3.63, 3.8) is 0 Å². The number of aromatic nitrogens is 2. The topological polar surface area (TPSA) is 125 Å². The Balaban J connectivity index is 2.50. The standard InChI is InChI=1S/C18H25ClN6O2S/c1-6-18(4,24-25-20)15-10-23-17(14-9-22-16(19)8-13(14)15)27-11(2)7-12(3)28(5,21)26/h8-12,21H,6-7H2,1-5H3/t11-,12-,18-,28+/m1/s1. The number of hydrogen-bond donors (Lipinski definition) is 1. The molecule has 0 bridgehead atoms. The molecule has 0 aliphatic rings. The summed E-state index contributed by atoms with van der Waals surface area (Å²) in [5.74, 6) is 0.370. The molecule has 10 heteroatoms. The van der Waals surface area contributed by atoms with Crippen LogP contribution in [0.2, 0.25) is 5.15 Å². The molecule has 0 aromatic carbocycles. The van der Waals surface area contributed by atoms with E-state index in [1.807, 2.05) is 20.8 Å². The molecule has 0 radical (unpaired) electrons. The Hall–Kier alpha value is -2.09. The maximum absolute atomic E-state index is 11.9. The van der Waals surface area contributed by atoms with Crippen molar-refractivity contribution >= 4 is 32.1 Å². The fraction of sp³-hybridized carbons (Fsp3) is 0.556. The van der Waals surface area contributed by atoms with E-state index >= 15 is 0 Å². The van der Waals surface area contributed by atoms with Crippen molar-refractivity contribution in [2.75, 3.05) is 6.26 Å². The molecule has 0 aliphatic heterocycles. The smallest absolute Gasteiger partial charge is 0.223 e. The fourth-order valence-electron chi connectivity index (χ4n) is 2.91. The Bertz CT molecular complexity index is 1020. The van der Waals surface area contributed by atoms with Gasteiger partial charge in [-0.15, -0.1) is 0 Å². The highest BCUT2D eigenvalue weighted by atomic mass is 35.5. The van der Waals surface area contributed by atoms with Gasteiger partial charge in [-0.25, -0.2) is 14.2 Å². The summed E-state index contributed by atoms with van der Waals surface area (Å²) in [5, 5.41) is 5.37. The van der Waals surface area contributed by atoms with E-state index in [0.29, 0.717) is 29.3 Å². The molecule has 4 atom stereocenters. The highest BCUT2D eigenvalue weighted by Crippen LogP contribution is 2.37. The first kappa shape index (κ1) is 22.2. The summed E-state index contributed by atoms with van der Waals surface area (Å²) < 4.78 is 25.6. The molecule has 0 spiro atoms. The zero-order valence-corrected chi connectivity index (χ0v) is 18.2. The molecular weight excluding hydrogens is 400 g/mol. The fourth-order valence-corrected chi connectivity index (χ4v) is 3.71. The van der Waals surface area contributed by atoms with Gasteiger partial charge in [0.05, 0.1) is 17.0 Å². The number of nitrogens with one attached hydrogen (secondary N) is 1. The van der Waals surface area contributed by atoms with Gasteiger partial charge in [0.1, 0.15) is 5.15 Å². The lowest BCUT2D eigenvalue weighted by atomic mass is 9.88. The molecule has 2 rings (SSSR count). The van der Waals surface area contributed by atoms with Gasteiger partial charge in [0, 0.05) is 38.5 Å². The van der Waals surface area contributed by atoms with E-state index in [4.69, 9.17) is 26.6 Å². The van der Waals surface area contributed by atoms with E-state index in [9.17, 15) is 4.21 Å². The second-order valence-corrected chi connectivity index (χ2v) is 10.2. The van der Waals surface area contributed by atoms with Crippen molar-refractivity contribution < 1.29 is 8.95 Å². The van der Waals surface area contributed by atoms with Gasteiger partial charge in [0.2, 0.25) is 5.88 Å². The lowest BCUT2D eigenvalue weighted by molar-refractivity contribution is 0.205. The van der Waals surface area contributed by atoms with Crippen molar-refractivity contribution in [3.8, 4) is 5.88 Å². The van der Waals surface area contributed by atoms with E-state index in [2.05, 4.69) is 20.0 Å². The second-order valence-electron chi connectivity index (χ2n) is 7.23. The van der Waals surface area contributed by atoms with Crippen LogP contribution in [-0.2, 0) is 15.3 Å². The van der Waals surface area contributed by atoms with Gasteiger partial charge in [0.15, 0.2) is 0 Å². The third-order valence-corrected chi connectivity index (χ3v) is 6.92. The van der Waals surface area contributed by atoms with Gasteiger partial charge in [-0.05, 0) is 56.2 Å². The third-order valence-electron chi connectivity index (χ3n) is 4.98. The number of hydrogen-bond acceptors (Lipinski definition) is 6. The average Bonchev–Trinajstić information content (AvgIpc) is 2.60. The lowest BCUT2D eigenvalue weighted by Crippen LogP contribution is -2.24. The van der Waals surface area contributed by atoms with Crippen molar-refractivity contribution in [2.45, 2.75) is 57.4 Å². The van der Waals surface area contributed by atoms with Crippen LogP contribution < -0.4 is 4.74 Å². The monoisotopic (exact) mass is 424 g/mol. The SMILES string of the molecule is CC[C@@](C)(N=[N+]=[N-])c1cnc(O[C@H](C)C[C@@H](C)[S@@](C)(=N)=O)c2cnc(Cl)cc12. The van der Waals surface area contributed by atoms with Crippen LogP contribution in [0.4, 0.5) is 0 Å². The molecule has 2 aromatic rings. The predicted molar refractivity (Wildman–Crippen MR) is 112 cm³/mol. The minimum absolute atomic E-state index is 0.298. The molecule has 0 unspecified atom stereocenters. The van der Waals surface area contributed by atoms with E-state index in [-0.39, 0.29) is 11.4 Å². The van der Waals surface area contributed by atoms with Crippen LogP contribution in [-0.4, -0.2) is 31.8 Å². The number of pyridine rings is 2. The summed E-state index contributed by atoms with van der Waals surface area (Å²) in [6.45, 7) is 7.40. The van der Waals surface area contributed by atoms with E-state index in [1.54, 1.807) is 25.4 Å². The lowest BCUT2D eigenvalue weighted by Gasteiger charge is -2.25. The Morgan fingerprint density at radius 2 is 2.07 bits per heavy atom. The maximum atomic E-state index is 11.9. The molecule has 0 aliphatic carbocycles. The zero-order valence-electron chi connectivity index (χ0n) is 16.6. The zero-order chi connectivity index (χ0) is 21.1. The molecule has 0 amide bonds. The van der Waals surface area contributed by atoms with Crippen LogP contribution in [0.5, 0.6) is 5.88 Å². The molecule has 1 N–H and O–H groups in total. The summed E-state index contributed by atoms with van der Waals surface area (Å²) in [4.78, 5) is 11.6. The molecule has 0 fully saturated rings. The van der Waals surface area contributed by atoms with Crippen molar-refractivity contribution in [3.05, 3.63) is 39.6 Å². The molecule has 2 aromatic heterocycles. The second kappa shape index (κ2) is 8.51. The van der Waals surface area contributed by atoms with Crippen molar-refractivity contribution in [1.82, 2.24) is 9.97 Å². The van der Waals surface area contributed by atoms with Gasteiger partial charge >= 0.3 is 0 Å². The summed E-state index contributed by atoms with van der Waals surface area (Å²) in [6, 6.07) is 1.71. The number of azide groups is 1. The van der Waals surface area contributed by atoms with Gasteiger partial charge in [-0.3, -0.25) is 4.78 Å². The number of fused-ring (bicyclic) bond motifs is 1. The average molecular weight is 425 g/mol. The number of halogens is 1. The molecule has 0 saturated carbocycles.